The molecule has 0 spiro atoms. The molecule has 33 heavy (non-hydrogen) atoms. The molecule has 0 atom stereocenters. The number of anilines is 1. The average molecular weight is 479 g/mol. The molecular formula is C22H18ClF3N4O3. The lowest BCUT2D eigenvalue weighted by Crippen LogP contribution is -2.38. The number of benzene rings is 2. The van der Waals surface area contributed by atoms with Crippen molar-refractivity contribution < 1.29 is 22.8 Å². The molecule has 0 aliphatic carbocycles. The number of alkyl halides is 3. The quantitative estimate of drug-likeness (QED) is 0.602. The predicted octanol–water partition coefficient (Wildman–Crippen LogP) is 3.92. The second-order valence-corrected chi connectivity index (χ2v) is 7.61. The zero-order valence-corrected chi connectivity index (χ0v) is 18.2. The van der Waals surface area contributed by atoms with Crippen LogP contribution in [-0.4, -0.2) is 40.1 Å². The van der Waals surface area contributed by atoms with Crippen molar-refractivity contribution in [2.75, 3.05) is 18.9 Å². The third kappa shape index (κ3) is 5.78. The van der Waals surface area contributed by atoms with Crippen LogP contribution in [0.4, 0.5) is 18.9 Å². The number of nitrogens with zero attached hydrogens (tertiary/aromatic N) is 3. The summed E-state index contributed by atoms with van der Waals surface area (Å²) in [5.74, 6) is -1.40. The van der Waals surface area contributed by atoms with E-state index in [-0.39, 0.29) is 11.4 Å². The average Bonchev–Trinajstić information content (AvgIpc) is 2.72. The Hall–Kier alpha value is -3.66. The van der Waals surface area contributed by atoms with Crippen molar-refractivity contribution in [3.63, 3.8) is 0 Å². The Morgan fingerprint density at radius 1 is 1.12 bits per heavy atom. The highest BCUT2D eigenvalue weighted by molar-refractivity contribution is 6.30. The van der Waals surface area contributed by atoms with Crippen LogP contribution in [0.3, 0.4) is 0 Å². The van der Waals surface area contributed by atoms with Crippen LogP contribution >= 0.6 is 11.6 Å². The molecule has 0 aliphatic rings. The summed E-state index contributed by atoms with van der Waals surface area (Å²) < 4.78 is 40.3. The van der Waals surface area contributed by atoms with Crippen molar-refractivity contribution in [2.45, 2.75) is 13.1 Å². The first-order chi connectivity index (χ1) is 15.5. The van der Waals surface area contributed by atoms with E-state index in [2.05, 4.69) is 10.4 Å². The monoisotopic (exact) mass is 478 g/mol. The van der Waals surface area contributed by atoms with Gasteiger partial charge in [-0.3, -0.25) is 14.4 Å². The van der Waals surface area contributed by atoms with E-state index in [1.165, 1.54) is 32.2 Å². The molecule has 0 radical (unpaired) electrons. The highest BCUT2D eigenvalue weighted by Gasteiger charge is 2.31. The molecule has 0 saturated carbocycles. The highest BCUT2D eigenvalue weighted by atomic mass is 35.5. The van der Waals surface area contributed by atoms with Crippen molar-refractivity contribution in [3.8, 4) is 5.69 Å². The van der Waals surface area contributed by atoms with Gasteiger partial charge in [-0.05, 0) is 43.3 Å². The second-order valence-electron chi connectivity index (χ2n) is 7.18. The molecule has 3 rings (SSSR count). The summed E-state index contributed by atoms with van der Waals surface area (Å²) in [5, 5.41) is 6.97. The van der Waals surface area contributed by atoms with E-state index in [1.807, 2.05) is 0 Å². The highest BCUT2D eigenvalue weighted by Crippen LogP contribution is 2.30. The summed E-state index contributed by atoms with van der Waals surface area (Å²) in [4.78, 5) is 38.4. The number of carbonyl (C=O) groups excluding carboxylic acids is 2. The molecule has 0 fully saturated rings. The Labute approximate surface area is 191 Å². The van der Waals surface area contributed by atoms with Crippen LogP contribution < -0.4 is 10.7 Å². The zero-order valence-electron chi connectivity index (χ0n) is 17.5. The van der Waals surface area contributed by atoms with Gasteiger partial charge in [-0.15, -0.1) is 0 Å². The molecule has 0 aliphatic heterocycles. The number of aryl methyl sites for hydroxylation is 1. The molecule has 0 saturated heterocycles. The standard InChI is InChI=1S/C22H18ClF3N4O3/c1-13-9-18(31)20(28-30(13)17-8-3-5-14(10-17)22(24,25)26)21(33)29(2)12-19(32)27-16-7-4-6-15(23)11-16/h3-11H,12H2,1-2H3,(H,27,32). The van der Waals surface area contributed by atoms with Crippen LogP contribution in [0, 0.1) is 6.92 Å². The van der Waals surface area contributed by atoms with Gasteiger partial charge in [0.2, 0.25) is 11.3 Å². The van der Waals surface area contributed by atoms with Crippen LogP contribution in [0.5, 0.6) is 0 Å². The van der Waals surface area contributed by atoms with E-state index < -0.39 is 41.2 Å². The number of likely N-dealkylation sites (N-methyl/N-ethyl adjacent to an activating group) is 1. The normalized spacial score (nSPS) is 11.2. The van der Waals surface area contributed by atoms with Gasteiger partial charge in [0.25, 0.3) is 5.91 Å². The Morgan fingerprint density at radius 2 is 1.82 bits per heavy atom. The summed E-state index contributed by atoms with van der Waals surface area (Å²) in [5.41, 5.74) is -1.47. The van der Waals surface area contributed by atoms with Gasteiger partial charge in [-0.25, -0.2) is 4.68 Å². The largest absolute Gasteiger partial charge is 0.416 e. The fraction of sp³-hybridized carbons (Fsp3) is 0.182. The van der Waals surface area contributed by atoms with Gasteiger partial charge < -0.3 is 10.2 Å². The Balaban J connectivity index is 1.85. The Kier molecular flexibility index (Phi) is 6.87. The topological polar surface area (TPSA) is 84.3 Å². The van der Waals surface area contributed by atoms with Crippen LogP contribution in [0.15, 0.2) is 59.4 Å². The van der Waals surface area contributed by atoms with Gasteiger partial charge in [0.15, 0.2) is 5.69 Å². The minimum absolute atomic E-state index is 0.0257. The number of amides is 2. The summed E-state index contributed by atoms with van der Waals surface area (Å²) >= 11 is 5.87. The number of carbonyl (C=O) groups is 2. The third-order valence-corrected chi connectivity index (χ3v) is 4.80. The number of rotatable bonds is 5. The van der Waals surface area contributed by atoms with Crippen LogP contribution in [-0.2, 0) is 11.0 Å². The summed E-state index contributed by atoms with van der Waals surface area (Å²) in [7, 11) is 1.30. The Morgan fingerprint density at radius 3 is 2.48 bits per heavy atom. The molecule has 7 nitrogen and oxygen atoms in total. The van der Waals surface area contributed by atoms with Gasteiger partial charge in [0.05, 0.1) is 17.8 Å². The molecule has 1 aromatic heterocycles. The molecule has 172 valence electrons. The van der Waals surface area contributed by atoms with Crippen molar-refractivity contribution in [3.05, 3.63) is 86.8 Å². The van der Waals surface area contributed by atoms with E-state index in [9.17, 15) is 27.6 Å². The maximum Gasteiger partial charge on any atom is 0.416 e. The molecule has 2 aromatic carbocycles. The van der Waals surface area contributed by atoms with E-state index in [4.69, 9.17) is 11.6 Å². The van der Waals surface area contributed by atoms with E-state index in [0.717, 1.165) is 27.8 Å². The second kappa shape index (κ2) is 9.45. The summed E-state index contributed by atoms with van der Waals surface area (Å²) in [6.07, 6.45) is -4.57. The van der Waals surface area contributed by atoms with Crippen LogP contribution in [0.25, 0.3) is 5.69 Å². The lowest BCUT2D eigenvalue weighted by atomic mass is 10.2. The molecule has 3 aromatic rings. The van der Waals surface area contributed by atoms with Gasteiger partial charge in [0, 0.05) is 29.5 Å². The van der Waals surface area contributed by atoms with Gasteiger partial charge >= 0.3 is 6.18 Å². The van der Waals surface area contributed by atoms with Crippen LogP contribution in [0.1, 0.15) is 21.7 Å². The minimum Gasteiger partial charge on any atom is -0.331 e. The van der Waals surface area contributed by atoms with Crippen molar-refractivity contribution in [1.29, 1.82) is 0 Å². The summed E-state index contributed by atoms with van der Waals surface area (Å²) in [6, 6.07) is 11.8. The van der Waals surface area contributed by atoms with Crippen molar-refractivity contribution in [2.24, 2.45) is 0 Å². The first-order valence-corrected chi connectivity index (χ1v) is 9.93. The Bertz CT molecular complexity index is 1270. The van der Waals surface area contributed by atoms with Crippen molar-refractivity contribution in [1.82, 2.24) is 14.7 Å². The third-order valence-electron chi connectivity index (χ3n) is 4.56. The number of hydrogen-bond donors (Lipinski definition) is 1. The van der Waals surface area contributed by atoms with E-state index >= 15 is 0 Å². The molecule has 11 heteroatoms. The number of halogens is 4. The maximum atomic E-state index is 13.1. The first kappa shape index (κ1) is 24.0. The lowest BCUT2D eigenvalue weighted by Gasteiger charge is -2.18. The number of hydrogen-bond acceptors (Lipinski definition) is 4. The van der Waals surface area contributed by atoms with E-state index in [1.54, 1.807) is 18.2 Å². The molecular weight excluding hydrogens is 461 g/mol. The number of aromatic nitrogens is 2. The number of nitrogens with one attached hydrogen (secondary N) is 1. The van der Waals surface area contributed by atoms with Gasteiger partial charge in [0.1, 0.15) is 0 Å². The van der Waals surface area contributed by atoms with Gasteiger partial charge in [-0.2, -0.15) is 18.3 Å². The lowest BCUT2D eigenvalue weighted by molar-refractivity contribution is -0.137. The van der Waals surface area contributed by atoms with Crippen molar-refractivity contribution >= 4 is 29.1 Å². The van der Waals surface area contributed by atoms with E-state index in [0.29, 0.717) is 10.7 Å². The molecule has 0 unspecified atom stereocenters. The predicted molar refractivity (Wildman–Crippen MR) is 117 cm³/mol. The summed E-state index contributed by atoms with van der Waals surface area (Å²) in [6.45, 7) is 1.08. The zero-order chi connectivity index (χ0) is 24.3. The smallest absolute Gasteiger partial charge is 0.331 e. The molecule has 1 N–H and O–H groups in total. The molecule has 0 bridgehead atoms. The molecule has 1 heterocycles. The van der Waals surface area contributed by atoms with Crippen LogP contribution in [0.2, 0.25) is 5.02 Å². The maximum absolute atomic E-state index is 13.1. The van der Waals surface area contributed by atoms with Gasteiger partial charge in [-0.1, -0.05) is 23.7 Å². The first-order valence-electron chi connectivity index (χ1n) is 9.55. The molecule has 2 amide bonds. The SMILES string of the molecule is Cc1cc(=O)c(C(=O)N(C)CC(=O)Nc2cccc(Cl)c2)nn1-c1cccc(C(F)(F)F)c1. The fourth-order valence-corrected chi connectivity index (χ4v) is 3.20. The minimum atomic E-state index is -4.57. The fourth-order valence-electron chi connectivity index (χ4n) is 3.01.